The maximum Gasteiger partial charge on any atom is 0.234 e. The second kappa shape index (κ2) is 8.68. The smallest absolute Gasteiger partial charge is 0.234 e. The van der Waals surface area contributed by atoms with E-state index in [2.05, 4.69) is 10.6 Å². The second-order valence-corrected chi connectivity index (χ2v) is 3.88. The highest BCUT2D eigenvalue weighted by molar-refractivity contribution is 5.78. The van der Waals surface area contributed by atoms with Gasteiger partial charge in [-0.25, -0.2) is 0 Å². The quantitative estimate of drug-likeness (QED) is 0.558. The number of carbonyl (C=O) groups excluding carboxylic acids is 1. The zero-order valence-corrected chi connectivity index (χ0v) is 10.0. The summed E-state index contributed by atoms with van der Waals surface area (Å²) in [6, 6.07) is 0.468. The molecule has 2 atom stereocenters. The molecule has 4 heteroatoms. The Morgan fingerprint density at radius 3 is 2.47 bits per heavy atom. The lowest BCUT2D eigenvalue weighted by Gasteiger charge is -2.17. The number of aliphatic hydroxyl groups excluding tert-OH is 1. The van der Waals surface area contributed by atoms with Crippen molar-refractivity contribution in [2.75, 3.05) is 13.2 Å². The van der Waals surface area contributed by atoms with Crippen LogP contribution < -0.4 is 10.6 Å². The average Bonchev–Trinajstić information content (AvgIpc) is 2.23. The fourth-order valence-corrected chi connectivity index (χ4v) is 1.27. The molecule has 4 nitrogen and oxygen atoms in total. The van der Waals surface area contributed by atoms with Crippen molar-refractivity contribution in [1.82, 2.24) is 10.6 Å². The maximum absolute atomic E-state index is 11.4. The predicted molar refractivity (Wildman–Crippen MR) is 61.7 cm³/mol. The molecule has 0 aromatic rings. The van der Waals surface area contributed by atoms with Gasteiger partial charge in [0.1, 0.15) is 0 Å². The summed E-state index contributed by atoms with van der Waals surface area (Å²) in [4.78, 5) is 11.4. The molecule has 0 bridgehead atoms. The molecule has 0 aliphatic rings. The number of amides is 1. The van der Waals surface area contributed by atoms with Gasteiger partial charge in [0.15, 0.2) is 0 Å². The molecule has 15 heavy (non-hydrogen) atoms. The minimum atomic E-state index is 0.0285. The highest BCUT2D eigenvalue weighted by Crippen LogP contribution is 1.95. The fraction of sp³-hybridized carbons (Fsp3) is 0.909. The summed E-state index contributed by atoms with van der Waals surface area (Å²) in [5, 5.41) is 14.8. The molecule has 2 unspecified atom stereocenters. The van der Waals surface area contributed by atoms with Crippen molar-refractivity contribution in [2.24, 2.45) is 0 Å². The van der Waals surface area contributed by atoms with E-state index in [9.17, 15) is 4.79 Å². The van der Waals surface area contributed by atoms with Gasteiger partial charge in [-0.15, -0.1) is 0 Å². The van der Waals surface area contributed by atoms with Crippen molar-refractivity contribution in [3.05, 3.63) is 0 Å². The van der Waals surface area contributed by atoms with E-state index in [0.29, 0.717) is 13.0 Å². The van der Waals surface area contributed by atoms with E-state index < -0.39 is 0 Å². The maximum atomic E-state index is 11.4. The van der Waals surface area contributed by atoms with E-state index in [1.807, 2.05) is 20.8 Å². The third-order valence-corrected chi connectivity index (χ3v) is 2.54. The molecule has 1 amide bonds. The molecule has 0 aliphatic carbocycles. The number of hydrogen-bond acceptors (Lipinski definition) is 3. The molecule has 0 spiro atoms. The Kier molecular flexibility index (Phi) is 8.33. The average molecular weight is 216 g/mol. The van der Waals surface area contributed by atoms with Gasteiger partial charge >= 0.3 is 0 Å². The van der Waals surface area contributed by atoms with Gasteiger partial charge in [0.2, 0.25) is 5.91 Å². The standard InChI is InChI=1S/C11H24N2O2/c1-4-9(3)13-11(15)8-12-10(5-2)6-7-14/h9-10,12,14H,4-8H2,1-3H3,(H,13,15). The monoisotopic (exact) mass is 216 g/mol. The van der Waals surface area contributed by atoms with Crippen LogP contribution in [0.4, 0.5) is 0 Å². The zero-order chi connectivity index (χ0) is 11.7. The number of rotatable bonds is 8. The summed E-state index contributed by atoms with van der Waals surface area (Å²) in [5.41, 5.74) is 0. The number of nitrogens with one attached hydrogen (secondary N) is 2. The highest BCUT2D eigenvalue weighted by Gasteiger charge is 2.08. The Bertz CT molecular complexity index is 174. The summed E-state index contributed by atoms with van der Waals surface area (Å²) in [6.07, 6.45) is 2.57. The number of aliphatic hydroxyl groups is 1. The van der Waals surface area contributed by atoms with Crippen LogP contribution in [0.2, 0.25) is 0 Å². The molecule has 0 heterocycles. The molecule has 90 valence electrons. The first-order chi connectivity index (χ1) is 7.13. The Hall–Kier alpha value is -0.610. The lowest BCUT2D eigenvalue weighted by molar-refractivity contribution is -0.121. The highest BCUT2D eigenvalue weighted by atomic mass is 16.3. The molecule has 0 aliphatic heterocycles. The third-order valence-electron chi connectivity index (χ3n) is 2.54. The van der Waals surface area contributed by atoms with Crippen molar-refractivity contribution in [2.45, 2.75) is 52.1 Å². The van der Waals surface area contributed by atoms with Gasteiger partial charge in [-0.2, -0.15) is 0 Å². The molecular weight excluding hydrogens is 192 g/mol. The van der Waals surface area contributed by atoms with Crippen LogP contribution >= 0.6 is 0 Å². The molecule has 0 aromatic carbocycles. The SMILES string of the molecule is CCC(C)NC(=O)CNC(CC)CCO. The van der Waals surface area contributed by atoms with E-state index in [1.54, 1.807) is 0 Å². The number of hydrogen-bond donors (Lipinski definition) is 3. The normalized spacial score (nSPS) is 14.7. The lowest BCUT2D eigenvalue weighted by atomic mass is 10.1. The van der Waals surface area contributed by atoms with Gasteiger partial charge < -0.3 is 15.7 Å². The van der Waals surface area contributed by atoms with Crippen molar-refractivity contribution in [1.29, 1.82) is 0 Å². The van der Waals surface area contributed by atoms with Crippen LogP contribution in [0.5, 0.6) is 0 Å². The fourth-order valence-electron chi connectivity index (χ4n) is 1.27. The largest absolute Gasteiger partial charge is 0.396 e. The second-order valence-electron chi connectivity index (χ2n) is 3.88. The summed E-state index contributed by atoms with van der Waals surface area (Å²) in [5.74, 6) is 0.0285. The van der Waals surface area contributed by atoms with Gasteiger partial charge in [0.25, 0.3) is 0 Å². The first-order valence-electron chi connectivity index (χ1n) is 5.77. The Labute approximate surface area is 92.4 Å². The van der Waals surface area contributed by atoms with Gasteiger partial charge in [-0.1, -0.05) is 13.8 Å². The Morgan fingerprint density at radius 2 is 2.00 bits per heavy atom. The summed E-state index contributed by atoms with van der Waals surface area (Å²) < 4.78 is 0. The lowest BCUT2D eigenvalue weighted by Crippen LogP contribution is -2.42. The van der Waals surface area contributed by atoms with Crippen LogP contribution in [0.15, 0.2) is 0 Å². The minimum absolute atomic E-state index is 0.0285. The minimum Gasteiger partial charge on any atom is -0.396 e. The van der Waals surface area contributed by atoms with Gasteiger partial charge in [0, 0.05) is 18.7 Å². The first kappa shape index (κ1) is 14.4. The zero-order valence-electron chi connectivity index (χ0n) is 10.0. The summed E-state index contributed by atoms with van der Waals surface area (Å²) >= 11 is 0. The van der Waals surface area contributed by atoms with E-state index in [-0.39, 0.29) is 24.6 Å². The van der Waals surface area contributed by atoms with Crippen LogP contribution in [-0.4, -0.2) is 36.2 Å². The third kappa shape index (κ3) is 7.33. The Balaban J connectivity index is 3.68. The molecule has 3 N–H and O–H groups in total. The molecule has 0 radical (unpaired) electrons. The summed E-state index contributed by atoms with van der Waals surface area (Å²) in [6.45, 7) is 6.57. The van der Waals surface area contributed by atoms with Crippen molar-refractivity contribution in [3.8, 4) is 0 Å². The van der Waals surface area contributed by atoms with Crippen molar-refractivity contribution < 1.29 is 9.90 Å². The van der Waals surface area contributed by atoms with E-state index in [0.717, 1.165) is 12.8 Å². The van der Waals surface area contributed by atoms with Crippen molar-refractivity contribution >= 4 is 5.91 Å². The molecule has 0 saturated heterocycles. The first-order valence-corrected chi connectivity index (χ1v) is 5.77. The molecule has 0 fully saturated rings. The van der Waals surface area contributed by atoms with Gasteiger partial charge in [-0.3, -0.25) is 4.79 Å². The molecule has 0 saturated carbocycles. The number of carbonyl (C=O) groups is 1. The van der Waals surface area contributed by atoms with Gasteiger partial charge in [0.05, 0.1) is 6.54 Å². The van der Waals surface area contributed by atoms with Crippen LogP contribution in [0.3, 0.4) is 0 Å². The molecule has 0 rings (SSSR count). The van der Waals surface area contributed by atoms with E-state index in [4.69, 9.17) is 5.11 Å². The van der Waals surface area contributed by atoms with E-state index >= 15 is 0 Å². The predicted octanol–water partition coefficient (Wildman–Crippen LogP) is 0.652. The molecular formula is C11H24N2O2. The van der Waals surface area contributed by atoms with E-state index in [1.165, 1.54) is 0 Å². The van der Waals surface area contributed by atoms with Crippen molar-refractivity contribution in [3.63, 3.8) is 0 Å². The Morgan fingerprint density at radius 1 is 1.33 bits per heavy atom. The van der Waals surface area contributed by atoms with Crippen LogP contribution in [0.25, 0.3) is 0 Å². The molecule has 0 aromatic heterocycles. The van der Waals surface area contributed by atoms with Crippen LogP contribution in [0.1, 0.15) is 40.0 Å². The topological polar surface area (TPSA) is 61.4 Å². The van der Waals surface area contributed by atoms with Gasteiger partial charge in [-0.05, 0) is 26.2 Å². The summed E-state index contributed by atoms with van der Waals surface area (Å²) in [7, 11) is 0. The van der Waals surface area contributed by atoms with Crippen LogP contribution in [0, 0.1) is 0 Å². The van der Waals surface area contributed by atoms with Crippen LogP contribution in [-0.2, 0) is 4.79 Å².